The Morgan fingerprint density at radius 1 is 1.06 bits per heavy atom. The lowest BCUT2D eigenvalue weighted by Crippen LogP contribution is -1.78. The van der Waals surface area contributed by atoms with Crippen LogP contribution in [0.1, 0.15) is 31.9 Å². The van der Waals surface area contributed by atoms with Crippen LogP contribution in [-0.2, 0) is 6.42 Å². The van der Waals surface area contributed by atoms with Crippen LogP contribution in [0.5, 0.6) is 0 Å². The van der Waals surface area contributed by atoms with Crippen LogP contribution in [0.15, 0.2) is 35.7 Å². The van der Waals surface area contributed by atoms with Crippen LogP contribution in [0.4, 0.5) is 0 Å². The van der Waals surface area contributed by atoms with Crippen molar-refractivity contribution in [1.29, 1.82) is 0 Å². The van der Waals surface area contributed by atoms with E-state index >= 15 is 0 Å². The van der Waals surface area contributed by atoms with Gasteiger partial charge >= 0.3 is 0 Å². The van der Waals surface area contributed by atoms with Crippen molar-refractivity contribution in [3.05, 3.63) is 46.8 Å². The Morgan fingerprint density at radius 2 is 1.69 bits per heavy atom. The van der Waals surface area contributed by atoms with Gasteiger partial charge < -0.3 is 0 Å². The van der Waals surface area contributed by atoms with Crippen molar-refractivity contribution in [2.24, 2.45) is 0 Å². The molecule has 1 aromatic carbocycles. The largest absolute Gasteiger partial charge is 0.144 e. The third-order valence-corrected chi connectivity index (χ3v) is 3.47. The fourth-order valence-corrected chi connectivity index (χ4v) is 2.39. The maximum Gasteiger partial charge on any atom is 0.0345 e. The Labute approximate surface area is 103 Å². The number of thiophene rings is 1. The zero-order valence-electron chi connectivity index (χ0n) is 10.6. The highest BCUT2D eigenvalue weighted by molar-refractivity contribution is 7.13. The molecular formula is C15H20S. The third kappa shape index (κ3) is 3.21. The number of hydrogen-bond acceptors (Lipinski definition) is 1. The Bertz CT molecular complexity index is 409. The van der Waals surface area contributed by atoms with Gasteiger partial charge in [-0.3, -0.25) is 0 Å². The monoisotopic (exact) mass is 232 g/mol. The summed E-state index contributed by atoms with van der Waals surface area (Å²) in [5.74, 6) is 0. The predicted molar refractivity (Wildman–Crippen MR) is 75.2 cm³/mol. The average Bonchev–Trinajstić information content (AvgIpc) is 2.79. The SMILES string of the molecule is CC.CCc1ccc(-c2cc(C)cs2)cc1. The van der Waals surface area contributed by atoms with Crippen molar-refractivity contribution in [3.63, 3.8) is 0 Å². The first kappa shape index (κ1) is 13.0. The summed E-state index contributed by atoms with van der Waals surface area (Å²) in [7, 11) is 0. The van der Waals surface area contributed by atoms with Crippen LogP contribution in [0.2, 0.25) is 0 Å². The number of benzene rings is 1. The summed E-state index contributed by atoms with van der Waals surface area (Å²) in [6, 6.07) is 11.1. The molecule has 0 fully saturated rings. The summed E-state index contributed by atoms with van der Waals surface area (Å²) in [5, 5.41) is 2.20. The molecule has 0 aliphatic heterocycles. The Hall–Kier alpha value is -1.08. The molecule has 0 aliphatic carbocycles. The molecule has 0 N–H and O–H groups in total. The molecule has 2 aromatic rings. The molecule has 0 spiro atoms. The van der Waals surface area contributed by atoms with E-state index in [-0.39, 0.29) is 0 Å². The van der Waals surface area contributed by atoms with Crippen LogP contribution in [0, 0.1) is 6.92 Å². The second kappa shape index (κ2) is 6.49. The third-order valence-electron chi connectivity index (χ3n) is 2.38. The molecule has 0 saturated heterocycles. The maximum absolute atomic E-state index is 2.24. The van der Waals surface area contributed by atoms with E-state index in [0.717, 1.165) is 6.42 Å². The normalized spacial score (nSPS) is 9.50. The van der Waals surface area contributed by atoms with Crippen LogP contribution >= 0.6 is 11.3 Å². The van der Waals surface area contributed by atoms with Gasteiger partial charge in [0.15, 0.2) is 0 Å². The molecule has 0 bridgehead atoms. The molecule has 0 aliphatic rings. The van der Waals surface area contributed by atoms with E-state index in [1.54, 1.807) is 0 Å². The number of rotatable bonds is 2. The molecule has 0 radical (unpaired) electrons. The van der Waals surface area contributed by atoms with E-state index in [4.69, 9.17) is 0 Å². The summed E-state index contributed by atoms with van der Waals surface area (Å²) >= 11 is 1.82. The minimum absolute atomic E-state index is 1.11. The van der Waals surface area contributed by atoms with E-state index in [1.807, 2.05) is 25.2 Å². The van der Waals surface area contributed by atoms with Gasteiger partial charge in [0.1, 0.15) is 0 Å². The minimum Gasteiger partial charge on any atom is -0.144 e. The van der Waals surface area contributed by atoms with Gasteiger partial charge in [0, 0.05) is 4.88 Å². The Kier molecular flexibility index (Phi) is 5.27. The van der Waals surface area contributed by atoms with Gasteiger partial charge in [0.05, 0.1) is 0 Å². The summed E-state index contributed by atoms with van der Waals surface area (Å²) in [5.41, 5.74) is 4.09. The van der Waals surface area contributed by atoms with E-state index in [0.29, 0.717) is 0 Å². The van der Waals surface area contributed by atoms with Gasteiger partial charge in [-0.2, -0.15) is 0 Å². The van der Waals surface area contributed by atoms with Gasteiger partial charge in [-0.15, -0.1) is 11.3 Å². The van der Waals surface area contributed by atoms with Crippen molar-refractivity contribution in [2.75, 3.05) is 0 Å². The molecule has 2 rings (SSSR count). The van der Waals surface area contributed by atoms with Crippen molar-refractivity contribution < 1.29 is 0 Å². The van der Waals surface area contributed by atoms with E-state index < -0.39 is 0 Å². The van der Waals surface area contributed by atoms with E-state index in [9.17, 15) is 0 Å². The molecule has 16 heavy (non-hydrogen) atoms. The first-order valence-corrected chi connectivity index (χ1v) is 6.82. The topological polar surface area (TPSA) is 0 Å². The maximum atomic E-state index is 2.24. The lowest BCUT2D eigenvalue weighted by Gasteiger charge is -1.99. The molecule has 0 nitrogen and oxygen atoms in total. The van der Waals surface area contributed by atoms with E-state index in [2.05, 4.69) is 49.6 Å². The van der Waals surface area contributed by atoms with Gasteiger partial charge in [-0.25, -0.2) is 0 Å². The average molecular weight is 232 g/mol. The Balaban J connectivity index is 0.000000606. The van der Waals surface area contributed by atoms with E-state index in [1.165, 1.54) is 21.6 Å². The molecule has 0 unspecified atom stereocenters. The van der Waals surface area contributed by atoms with Gasteiger partial charge in [-0.05, 0) is 41.5 Å². The highest BCUT2D eigenvalue weighted by Crippen LogP contribution is 2.26. The standard InChI is InChI=1S/C13H14S.C2H6/c1-3-11-4-6-12(7-5-11)13-8-10(2)9-14-13;1-2/h4-9H,3H2,1-2H3;1-2H3. The highest BCUT2D eigenvalue weighted by Gasteiger charge is 1.99. The van der Waals surface area contributed by atoms with Crippen molar-refractivity contribution in [2.45, 2.75) is 34.1 Å². The lowest BCUT2D eigenvalue weighted by atomic mass is 10.1. The molecule has 1 heteroatoms. The van der Waals surface area contributed by atoms with Crippen molar-refractivity contribution in [3.8, 4) is 10.4 Å². The summed E-state index contributed by atoms with van der Waals surface area (Å²) in [4.78, 5) is 1.37. The number of hydrogen-bond donors (Lipinski definition) is 0. The van der Waals surface area contributed by atoms with Gasteiger partial charge in [-0.1, -0.05) is 45.0 Å². The highest BCUT2D eigenvalue weighted by atomic mass is 32.1. The van der Waals surface area contributed by atoms with Crippen LogP contribution < -0.4 is 0 Å². The fourth-order valence-electron chi connectivity index (χ4n) is 1.49. The number of aryl methyl sites for hydroxylation is 2. The summed E-state index contributed by atoms with van der Waals surface area (Å²) in [6.45, 7) is 8.32. The van der Waals surface area contributed by atoms with Gasteiger partial charge in [0.2, 0.25) is 0 Å². The van der Waals surface area contributed by atoms with Crippen molar-refractivity contribution in [1.82, 2.24) is 0 Å². The molecule has 1 heterocycles. The first-order chi connectivity index (χ1) is 7.79. The molecular weight excluding hydrogens is 212 g/mol. The molecule has 0 atom stereocenters. The van der Waals surface area contributed by atoms with Gasteiger partial charge in [0.25, 0.3) is 0 Å². The van der Waals surface area contributed by atoms with Crippen molar-refractivity contribution >= 4 is 11.3 Å². The predicted octanol–water partition coefficient (Wildman–Crippen LogP) is 5.31. The zero-order valence-corrected chi connectivity index (χ0v) is 11.4. The zero-order chi connectivity index (χ0) is 12.0. The summed E-state index contributed by atoms with van der Waals surface area (Å²) < 4.78 is 0. The molecule has 86 valence electrons. The first-order valence-electron chi connectivity index (χ1n) is 5.94. The lowest BCUT2D eigenvalue weighted by molar-refractivity contribution is 1.14. The minimum atomic E-state index is 1.11. The summed E-state index contributed by atoms with van der Waals surface area (Å²) in [6.07, 6.45) is 1.11. The molecule has 0 saturated carbocycles. The second-order valence-corrected chi connectivity index (χ2v) is 4.45. The van der Waals surface area contributed by atoms with Crippen LogP contribution in [-0.4, -0.2) is 0 Å². The Morgan fingerprint density at radius 3 is 2.12 bits per heavy atom. The fraction of sp³-hybridized carbons (Fsp3) is 0.333. The quantitative estimate of drug-likeness (QED) is 0.658. The molecule has 1 aromatic heterocycles. The second-order valence-electron chi connectivity index (χ2n) is 3.54. The van der Waals surface area contributed by atoms with Crippen LogP contribution in [0.3, 0.4) is 0 Å². The molecule has 0 amide bonds. The smallest absolute Gasteiger partial charge is 0.0345 e. The van der Waals surface area contributed by atoms with Crippen LogP contribution in [0.25, 0.3) is 10.4 Å².